The lowest BCUT2D eigenvalue weighted by Gasteiger charge is -2.26. The Labute approximate surface area is 355 Å². The van der Waals surface area contributed by atoms with E-state index in [1.165, 1.54) is 17.3 Å². The van der Waals surface area contributed by atoms with Crippen LogP contribution in [0.15, 0.2) is 201 Å². The first-order valence-corrected chi connectivity index (χ1v) is 20.4. The van der Waals surface area contributed by atoms with Gasteiger partial charge in [-0.05, 0) is 97.1 Å². The maximum Gasteiger partial charge on any atom is 0.273 e. The Bertz CT molecular complexity index is 2890. The standard InChI is InChI=1S/C50H39B2N9/c1-51(48-23-9-11-29-53-48)36-15-13-21-40(31-36)59(38-17-5-3-6-18-38)42-25-27-44-45-28-26-43(34-47(45)61(46(44)33-42)50-57-55-35-56-58-50)60(39-19-7-4-8-20-39)41-22-14-16-37(32-41)52(2)49-24-10-12-30-54-49/h3-35H,1-2H3. The second-order valence-electron chi connectivity index (χ2n) is 15.1. The molecule has 290 valence electrons. The average molecular weight is 788 g/mol. The molecule has 0 unspecified atom stereocenters. The molecule has 0 saturated heterocycles. The highest BCUT2D eigenvalue weighted by Gasteiger charge is 2.23. The zero-order chi connectivity index (χ0) is 41.1. The van der Waals surface area contributed by atoms with E-state index >= 15 is 0 Å². The van der Waals surface area contributed by atoms with Gasteiger partial charge in [-0.2, -0.15) is 0 Å². The summed E-state index contributed by atoms with van der Waals surface area (Å²) in [4.78, 5) is 13.9. The maximum atomic E-state index is 4.67. The summed E-state index contributed by atoms with van der Waals surface area (Å²) in [5.41, 5.74) is 12.4. The smallest absolute Gasteiger partial charge is 0.273 e. The lowest BCUT2D eigenvalue weighted by Crippen LogP contribution is -2.41. The summed E-state index contributed by atoms with van der Waals surface area (Å²) in [6, 6.07) is 63.7. The minimum absolute atomic E-state index is 0.107. The molecule has 0 aliphatic heterocycles. The minimum atomic E-state index is 0.107. The third-order valence-electron chi connectivity index (χ3n) is 11.4. The second kappa shape index (κ2) is 16.4. The topological polar surface area (TPSA) is 88.8 Å². The van der Waals surface area contributed by atoms with Crippen LogP contribution in [0.3, 0.4) is 0 Å². The van der Waals surface area contributed by atoms with Gasteiger partial charge in [0.1, 0.15) is 0 Å². The molecule has 10 rings (SSSR count). The van der Waals surface area contributed by atoms with E-state index in [4.69, 9.17) is 0 Å². The minimum Gasteiger partial charge on any atom is -0.310 e. The fraction of sp³-hybridized carbons (Fsp3) is 0.0400. The van der Waals surface area contributed by atoms with Crippen LogP contribution in [0.25, 0.3) is 27.8 Å². The van der Waals surface area contributed by atoms with E-state index in [1.807, 2.05) is 48.8 Å². The van der Waals surface area contributed by atoms with Gasteiger partial charge in [0.2, 0.25) is 13.4 Å². The SMILES string of the molecule is CB(c1cccc(N(c2ccccc2)c2ccc3c4ccc(N(c5ccccc5)c5cccc(B(C)c6ccccn6)c5)cc4n(-c4nncnn4)c3c2)c1)c1ccccn1. The summed E-state index contributed by atoms with van der Waals surface area (Å²) in [5, 5.41) is 19.5. The van der Waals surface area contributed by atoms with Crippen molar-refractivity contribution in [3.8, 4) is 5.95 Å². The Morgan fingerprint density at radius 3 is 1.28 bits per heavy atom. The van der Waals surface area contributed by atoms with Crippen LogP contribution >= 0.6 is 0 Å². The molecule has 4 heterocycles. The van der Waals surface area contributed by atoms with E-state index in [1.54, 1.807) is 0 Å². The number of hydrogen-bond acceptors (Lipinski definition) is 8. The molecule has 0 atom stereocenters. The molecule has 4 aromatic heterocycles. The number of fused-ring (bicyclic) bond motifs is 3. The number of rotatable bonds is 11. The van der Waals surface area contributed by atoms with Crippen LogP contribution in [-0.4, -0.2) is 48.4 Å². The Morgan fingerprint density at radius 2 is 0.836 bits per heavy atom. The van der Waals surface area contributed by atoms with Gasteiger partial charge in [-0.25, -0.2) is 0 Å². The molecule has 0 N–H and O–H groups in total. The first kappa shape index (κ1) is 37.4. The van der Waals surface area contributed by atoms with Crippen LogP contribution in [0.2, 0.25) is 13.6 Å². The van der Waals surface area contributed by atoms with Crippen molar-refractivity contribution in [2.24, 2.45) is 0 Å². The van der Waals surface area contributed by atoms with Gasteiger partial charge in [0.05, 0.1) is 11.0 Å². The molecule has 6 aromatic carbocycles. The fourth-order valence-electron chi connectivity index (χ4n) is 8.30. The average Bonchev–Trinajstić information content (AvgIpc) is 3.66. The number of nitrogens with zero attached hydrogens (tertiary/aromatic N) is 9. The van der Waals surface area contributed by atoms with Crippen LogP contribution in [-0.2, 0) is 0 Å². The molecule has 0 aliphatic rings. The van der Waals surface area contributed by atoms with Crippen molar-refractivity contribution in [3.63, 3.8) is 0 Å². The lowest BCUT2D eigenvalue weighted by atomic mass is 9.44. The highest BCUT2D eigenvalue weighted by Crippen LogP contribution is 2.41. The summed E-state index contributed by atoms with van der Waals surface area (Å²) in [6.45, 7) is 4.62. The van der Waals surface area contributed by atoms with Gasteiger partial charge in [0, 0.05) is 68.5 Å². The number of aromatic nitrogens is 7. The summed E-state index contributed by atoms with van der Waals surface area (Å²) < 4.78 is 2.07. The number of benzene rings is 6. The summed E-state index contributed by atoms with van der Waals surface area (Å²) in [6.07, 6.45) is 5.07. The second-order valence-corrected chi connectivity index (χ2v) is 15.1. The lowest BCUT2D eigenvalue weighted by molar-refractivity contribution is 0.801. The zero-order valence-electron chi connectivity index (χ0n) is 33.7. The molecule has 0 bridgehead atoms. The van der Waals surface area contributed by atoms with Crippen molar-refractivity contribution in [1.82, 2.24) is 34.9 Å². The molecule has 61 heavy (non-hydrogen) atoms. The van der Waals surface area contributed by atoms with E-state index in [9.17, 15) is 0 Å². The number of pyridine rings is 2. The Morgan fingerprint density at radius 1 is 0.410 bits per heavy atom. The summed E-state index contributed by atoms with van der Waals surface area (Å²) in [7, 11) is 0. The molecular formula is C50H39B2N9. The molecule has 10 aromatic rings. The van der Waals surface area contributed by atoms with Gasteiger partial charge in [-0.3, -0.25) is 14.5 Å². The van der Waals surface area contributed by atoms with Gasteiger partial charge in [0.25, 0.3) is 5.95 Å². The van der Waals surface area contributed by atoms with Gasteiger partial charge in [-0.15, -0.1) is 20.4 Å². The van der Waals surface area contributed by atoms with Gasteiger partial charge in [0.15, 0.2) is 6.33 Å². The van der Waals surface area contributed by atoms with Crippen molar-refractivity contribution in [3.05, 3.63) is 201 Å². The first-order chi connectivity index (χ1) is 30.1. The van der Waals surface area contributed by atoms with E-state index in [0.717, 1.165) is 67.1 Å². The molecule has 9 nitrogen and oxygen atoms in total. The van der Waals surface area contributed by atoms with Crippen LogP contribution in [0.4, 0.5) is 34.1 Å². The molecular weight excluding hydrogens is 748 g/mol. The predicted octanol–water partition coefficient (Wildman–Crippen LogP) is 8.57. The maximum absolute atomic E-state index is 4.67. The quantitative estimate of drug-likeness (QED) is 0.121. The van der Waals surface area contributed by atoms with Crippen molar-refractivity contribution >= 4 is 91.5 Å². The van der Waals surface area contributed by atoms with E-state index in [2.05, 4.69) is 204 Å². The van der Waals surface area contributed by atoms with Crippen molar-refractivity contribution < 1.29 is 0 Å². The highest BCUT2D eigenvalue weighted by atomic mass is 15.3. The molecule has 0 radical (unpaired) electrons. The van der Waals surface area contributed by atoms with Crippen LogP contribution in [0, 0.1) is 0 Å². The van der Waals surface area contributed by atoms with Gasteiger partial charge < -0.3 is 9.80 Å². The van der Waals surface area contributed by atoms with Crippen molar-refractivity contribution in [2.75, 3.05) is 9.80 Å². The highest BCUT2D eigenvalue weighted by molar-refractivity contribution is 6.84. The van der Waals surface area contributed by atoms with E-state index < -0.39 is 0 Å². The summed E-state index contributed by atoms with van der Waals surface area (Å²) in [5.74, 6) is 0.381. The largest absolute Gasteiger partial charge is 0.310 e. The van der Waals surface area contributed by atoms with Crippen molar-refractivity contribution in [1.29, 1.82) is 0 Å². The van der Waals surface area contributed by atoms with Crippen molar-refractivity contribution in [2.45, 2.75) is 13.6 Å². The monoisotopic (exact) mass is 787 g/mol. The number of para-hydroxylation sites is 2. The van der Waals surface area contributed by atoms with Gasteiger partial charge >= 0.3 is 0 Å². The number of anilines is 6. The fourth-order valence-corrected chi connectivity index (χ4v) is 8.30. The number of hydrogen-bond donors (Lipinski definition) is 0. The zero-order valence-corrected chi connectivity index (χ0v) is 33.7. The van der Waals surface area contributed by atoms with Gasteiger partial charge in [-0.1, -0.05) is 110 Å². The van der Waals surface area contributed by atoms with Crippen LogP contribution in [0.5, 0.6) is 0 Å². The summed E-state index contributed by atoms with van der Waals surface area (Å²) >= 11 is 0. The Kier molecular flexibility index (Phi) is 10.0. The molecule has 0 spiro atoms. The first-order valence-electron chi connectivity index (χ1n) is 20.4. The van der Waals surface area contributed by atoms with Crippen LogP contribution < -0.4 is 31.9 Å². The Balaban J connectivity index is 1.14. The van der Waals surface area contributed by atoms with Crippen LogP contribution in [0.1, 0.15) is 0 Å². The molecule has 0 saturated carbocycles. The molecule has 0 amide bonds. The molecule has 0 aliphatic carbocycles. The molecule has 11 heteroatoms. The predicted molar refractivity (Wildman–Crippen MR) is 252 cm³/mol. The third kappa shape index (κ3) is 7.27. The third-order valence-corrected chi connectivity index (χ3v) is 11.4. The normalized spacial score (nSPS) is 11.1. The van der Waals surface area contributed by atoms with E-state index in [0.29, 0.717) is 5.95 Å². The molecule has 0 fully saturated rings. The van der Waals surface area contributed by atoms with E-state index in [-0.39, 0.29) is 13.4 Å². The Hall–Kier alpha value is -7.91.